The van der Waals surface area contributed by atoms with Gasteiger partial charge >= 0.3 is 0 Å². The van der Waals surface area contributed by atoms with E-state index >= 15 is 0 Å². The summed E-state index contributed by atoms with van der Waals surface area (Å²) in [6.07, 6.45) is 5.64. The van der Waals surface area contributed by atoms with E-state index in [1.807, 2.05) is 39.8 Å². The number of nitrogens with one attached hydrogen (secondary N) is 1. The Labute approximate surface area is 158 Å². The Morgan fingerprint density at radius 2 is 1.69 bits per heavy atom. The molecule has 0 heterocycles. The highest BCUT2D eigenvalue weighted by molar-refractivity contribution is 7.89. The maximum Gasteiger partial charge on any atom is 0.244 e. The molecule has 0 unspecified atom stereocenters. The molecule has 0 spiro atoms. The van der Waals surface area contributed by atoms with Crippen molar-refractivity contribution in [1.82, 2.24) is 9.62 Å². The van der Waals surface area contributed by atoms with Crippen molar-refractivity contribution in [2.24, 2.45) is 0 Å². The molecule has 6 heteroatoms. The van der Waals surface area contributed by atoms with Crippen molar-refractivity contribution in [3.8, 4) is 0 Å². The molecule has 0 saturated heterocycles. The fraction of sp³-hybridized carbons (Fsp3) is 0.650. The smallest absolute Gasteiger partial charge is 0.244 e. The molecule has 1 amide bonds. The molecule has 26 heavy (non-hydrogen) atoms. The Morgan fingerprint density at radius 1 is 1.12 bits per heavy atom. The van der Waals surface area contributed by atoms with E-state index in [2.05, 4.69) is 5.32 Å². The Morgan fingerprint density at radius 3 is 2.23 bits per heavy atom. The lowest BCUT2D eigenvalue weighted by Crippen LogP contribution is -2.47. The largest absolute Gasteiger partial charge is 0.355 e. The Balaban J connectivity index is 2.40. The summed E-state index contributed by atoms with van der Waals surface area (Å²) in [5, 5.41) is 2.82. The highest BCUT2D eigenvalue weighted by Crippen LogP contribution is 2.31. The summed E-state index contributed by atoms with van der Waals surface area (Å²) in [6.45, 7) is 8.09. The molecule has 0 atom stereocenters. The number of benzene rings is 1. The van der Waals surface area contributed by atoms with Crippen molar-refractivity contribution in [3.05, 3.63) is 28.8 Å². The molecule has 1 aliphatic rings. The van der Waals surface area contributed by atoms with Gasteiger partial charge in [-0.3, -0.25) is 4.79 Å². The summed E-state index contributed by atoms with van der Waals surface area (Å²) in [4.78, 5) is 12.7. The summed E-state index contributed by atoms with van der Waals surface area (Å²) in [7, 11) is -3.73. The predicted octanol–water partition coefficient (Wildman–Crippen LogP) is 3.46. The summed E-state index contributed by atoms with van der Waals surface area (Å²) in [5.74, 6) is -0.219. The van der Waals surface area contributed by atoms with E-state index in [9.17, 15) is 13.2 Å². The summed E-state index contributed by atoms with van der Waals surface area (Å²) >= 11 is 0. The third-order valence-electron chi connectivity index (χ3n) is 5.02. The molecule has 1 saturated carbocycles. The average Bonchev–Trinajstić information content (AvgIpc) is 2.57. The van der Waals surface area contributed by atoms with E-state index in [0.717, 1.165) is 55.2 Å². The van der Waals surface area contributed by atoms with Gasteiger partial charge < -0.3 is 5.32 Å². The highest BCUT2D eigenvalue weighted by Gasteiger charge is 2.35. The number of carbonyl (C=O) groups excluding carboxylic acids is 1. The fourth-order valence-electron chi connectivity index (χ4n) is 3.93. The maximum absolute atomic E-state index is 13.5. The van der Waals surface area contributed by atoms with Crippen molar-refractivity contribution < 1.29 is 13.2 Å². The first-order valence-electron chi connectivity index (χ1n) is 9.63. The number of carbonyl (C=O) groups is 1. The Hall–Kier alpha value is -1.40. The first kappa shape index (κ1) is 20.9. The molecule has 2 rings (SSSR count). The molecule has 0 bridgehead atoms. The summed E-state index contributed by atoms with van der Waals surface area (Å²) in [5.41, 5.74) is 2.54. The zero-order chi connectivity index (χ0) is 19.3. The van der Waals surface area contributed by atoms with Gasteiger partial charge in [-0.05, 0) is 51.2 Å². The van der Waals surface area contributed by atoms with E-state index in [-0.39, 0.29) is 18.5 Å². The quantitative estimate of drug-likeness (QED) is 0.788. The van der Waals surface area contributed by atoms with Gasteiger partial charge in [0.25, 0.3) is 0 Å². The third kappa shape index (κ3) is 4.86. The van der Waals surface area contributed by atoms with Crippen LogP contribution in [0.1, 0.15) is 62.1 Å². The Kier molecular flexibility index (Phi) is 7.24. The molecule has 5 nitrogen and oxygen atoms in total. The monoisotopic (exact) mass is 380 g/mol. The van der Waals surface area contributed by atoms with E-state index in [0.29, 0.717) is 11.4 Å². The van der Waals surface area contributed by atoms with Gasteiger partial charge in [-0.25, -0.2) is 8.42 Å². The zero-order valence-corrected chi connectivity index (χ0v) is 17.3. The van der Waals surface area contributed by atoms with Gasteiger partial charge in [0.2, 0.25) is 15.9 Å². The van der Waals surface area contributed by atoms with E-state index in [1.54, 1.807) is 0 Å². The van der Waals surface area contributed by atoms with Crippen LogP contribution < -0.4 is 5.32 Å². The standard InChI is InChI=1S/C20H32N2O3S/c1-5-11-21-19(23)14-22(18-9-7-6-8-10-18)26(24,25)20-16(3)12-15(2)13-17(20)4/h12-13,18H,5-11,14H2,1-4H3,(H,21,23). The van der Waals surface area contributed by atoms with Crippen LogP contribution in [0, 0.1) is 20.8 Å². The lowest BCUT2D eigenvalue weighted by molar-refractivity contribution is -0.121. The van der Waals surface area contributed by atoms with Gasteiger partial charge in [0.1, 0.15) is 0 Å². The van der Waals surface area contributed by atoms with Crippen LogP contribution in [0.15, 0.2) is 17.0 Å². The second-order valence-electron chi connectivity index (χ2n) is 7.42. The molecular weight excluding hydrogens is 348 g/mol. The van der Waals surface area contributed by atoms with Gasteiger partial charge in [0.15, 0.2) is 0 Å². The van der Waals surface area contributed by atoms with E-state index in [4.69, 9.17) is 0 Å². The molecule has 0 aromatic heterocycles. The van der Waals surface area contributed by atoms with Crippen molar-refractivity contribution in [2.75, 3.05) is 13.1 Å². The van der Waals surface area contributed by atoms with Crippen LogP contribution >= 0.6 is 0 Å². The fourth-order valence-corrected chi connectivity index (χ4v) is 5.99. The SMILES string of the molecule is CCCNC(=O)CN(C1CCCCC1)S(=O)(=O)c1c(C)cc(C)cc1C. The lowest BCUT2D eigenvalue weighted by atomic mass is 9.95. The molecule has 1 aliphatic carbocycles. The number of rotatable bonds is 7. The van der Waals surface area contributed by atoms with Gasteiger partial charge in [-0.1, -0.05) is 43.9 Å². The minimum atomic E-state index is -3.73. The Bertz CT molecular complexity index is 714. The molecule has 1 aromatic carbocycles. The van der Waals surface area contributed by atoms with Crippen molar-refractivity contribution >= 4 is 15.9 Å². The topological polar surface area (TPSA) is 66.5 Å². The van der Waals surface area contributed by atoms with Crippen LogP contribution in [0.25, 0.3) is 0 Å². The van der Waals surface area contributed by atoms with Crippen molar-refractivity contribution in [2.45, 2.75) is 77.2 Å². The summed E-state index contributed by atoms with van der Waals surface area (Å²) in [6, 6.07) is 3.70. The molecule has 0 aliphatic heterocycles. The van der Waals surface area contributed by atoms with Crippen LogP contribution in [0.4, 0.5) is 0 Å². The zero-order valence-electron chi connectivity index (χ0n) is 16.5. The second kappa shape index (κ2) is 9.00. The number of aryl methyl sites for hydroxylation is 3. The van der Waals surface area contributed by atoms with Gasteiger partial charge in [-0.15, -0.1) is 0 Å². The number of amides is 1. The first-order valence-corrected chi connectivity index (χ1v) is 11.1. The molecule has 146 valence electrons. The predicted molar refractivity (Wildman–Crippen MR) is 105 cm³/mol. The minimum absolute atomic E-state index is 0.0961. The van der Waals surface area contributed by atoms with Crippen LogP contribution in [0.5, 0.6) is 0 Å². The number of hydrogen-bond acceptors (Lipinski definition) is 3. The molecule has 1 fully saturated rings. The summed E-state index contributed by atoms with van der Waals surface area (Å²) < 4.78 is 28.5. The van der Waals surface area contributed by atoms with Crippen LogP contribution in [0.3, 0.4) is 0 Å². The highest BCUT2D eigenvalue weighted by atomic mass is 32.2. The van der Waals surface area contributed by atoms with Crippen LogP contribution in [-0.4, -0.2) is 37.8 Å². The molecule has 1 N–H and O–H groups in total. The van der Waals surface area contributed by atoms with Crippen LogP contribution in [-0.2, 0) is 14.8 Å². The second-order valence-corrected chi connectivity index (χ2v) is 9.25. The third-order valence-corrected chi connectivity index (χ3v) is 7.23. The van der Waals surface area contributed by atoms with Gasteiger partial charge in [0.05, 0.1) is 11.4 Å². The average molecular weight is 381 g/mol. The first-order chi connectivity index (χ1) is 12.3. The normalized spacial score (nSPS) is 16.0. The van der Waals surface area contributed by atoms with E-state index < -0.39 is 10.0 Å². The number of sulfonamides is 1. The van der Waals surface area contributed by atoms with Gasteiger partial charge in [-0.2, -0.15) is 4.31 Å². The van der Waals surface area contributed by atoms with Crippen LogP contribution in [0.2, 0.25) is 0 Å². The molecule has 0 radical (unpaired) electrons. The maximum atomic E-state index is 13.5. The van der Waals surface area contributed by atoms with Crippen molar-refractivity contribution in [1.29, 1.82) is 0 Å². The lowest BCUT2D eigenvalue weighted by Gasteiger charge is -2.33. The van der Waals surface area contributed by atoms with E-state index in [1.165, 1.54) is 4.31 Å². The number of hydrogen-bond donors (Lipinski definition) is 1. The molecule has 1 aromatic rings. The minimum Gasteiger partial charge on any atom is -0.355 e. The molecular formula is C20H32N2O3S. The van der Waals surface area contributed by atoms with Crippen molar-refractivity contribution in [3.63, 3.8) is 0 Å². The number of nitrogens with zero attached hydrogens (tertiary/aromatic N) is 1. The van der Waals surface area contributed by atoms with Gasteiger partial charge in [0, 0.05) is 12.6 Å².